The van der Waals surface area contributed by atoms with Gasteiger partial charge in [-0.15, -0.1) is 0 Å². The van der Waals surface area contributed by atoms with E-state index in [1.165, 1.54) is 5.57 Å². The molecule has 1 aromatic carbocycles. The highest BCUT2D eigenvalue weighted by molar-refractivity contribution is 6.35. The van der Waals surface area contributed by atoms with Gasteiger partial charge in [0.1, 0.15) is 5.70 Å². The minimum atomic E-state index is -0.265. The predicted molar refractivity (Wildman–Crippen MR) is 121 cm³/mol. The monoisotopic (exact) mass is 441 g/mol. The summed E-state index contributed by atoms with van der Waals surface area (Å²) in [5, 5.41) is 6.95. The third-order valence-corrected chi connectivity index (χ3v) is 7.12. The Labute approximate surface area is 186 Å². The number of carbonyl (C=O) groups excluding carboxylic acids is 2. The lowest BCUT2D eigenvalue weighted by Gasteiger charge is -2.44. The van der Waals surface area contributed by atoms with Crippen molar-refractivity contribution < 1.29 is 9.59 Å². The number of halogens is 1. The highest BCUT2D eigenvalue weighted by Gasteiger charge is 2.45. The fraction of sp³-hybridized carbons (Fsp3) is 0.478. The van der Waals surface area contributed by atoms with Crippen LogP contribution < -0.4 is 10.7 Å². The Morgan fingerprint density at radius 2 is 1.94 bits per heavy atom. The van der Waals surface area contributed by atoms with Crippen LogP contribution >= 0.6 is 11.6 Å². The molecule has 2 aromatic rings. The first-order chi connectivity index (χ1) is 14.7. The Morgan fingerprint density at radius 3 is 2.65 bits per heavy atom. The van der Waals surface area contributed by atoms with Gasteiger partial charge in [-0.25, -0.2) is 5.01 Å². The summed E-state index contributed by atoms with van der Waals surface area (Å²) in [6, 6.07) is 5.58. The molecule has 7 nitrogen and oxygen atoms in total. The van der Waals surface area contributed by atoms with Gasteiger partial charge < -0.3 is 20.6 Å². The molecule has 0 atom stereocenters. The number of hydrazine groups is 1. The van der Waals surface area contributed by atoms with E-state index in [4.69, 9.17) is 11.6 Å². The van der Waals surface area contributed by atoms with Crippen LogP contribution in [0.5, 0.6) is 0 Å². The molecule has 0 bridgehead atoms. The van der Waals surface area contributed by atoms with Crippen molar-refractivity contribution in [3.63, 3.8) is 0 Å². The molecule has 0 aliphatic carbocycles. The van der Waals surface area contributed by atoms with Gasteiger partial charge in [0.15, 0.2) is 0 Å². The molecule has 0 unspecified atom stereocenters. The molecular formula is C23H28ClN5O2. The number of amides is 2. The number of aromatic amines is 1. The molecule has 8 heteroatoms. The highest BCUT2D eigenvalue weighted by Crippen LogP contribution is 2.37. The normalized spacial score (nSPS) is 21.4. The Hall–Kier alpha value is -2.51. The lowest BCUT2D eigenvalue weighted by atomic mass is 9.78. The quantitative estimate of drug-likeness (QED) is 0.635. The predicted octanol–water partition coefficient (Wildman–Crippen LogP) is 3.19. The van der Waals surface area contributed by atoms with Gasteiger partial charge in [-0.3, -0.25) is 9.59 Å². The Bertz CT molecular complexity index is 1100. The van der Waals surface area contributed by atoms with Crippen molar-refractivity contribution in [3.05, 3.63) is 46.3 Å². The molecule has 1 spiro atoms. The minimum Gasteiger partial charge on any atom is -0.360 e. The third kappa shape index (κ3) is 3.49. The molecule has 31 heavy (non-hydrogen) atoms. The summed E-state index contributed by atoms with van der Waals surface area (Å²) in [6.07, 6.45) is 4.09. The maximum Gasteiger partial charge on any atom is 0.269 e. The number of nitrogens with zero attached hydrogens (tertiary/aromatic N) is 2. The van der Waals surface area contributed by atoms with Crippen LogP contribution in [0.25, 0.3) is 10.9 Å². The van der Waals surface area contributed by atoms with Crippen LogP contribution in [0.4, 0.5) is 0 Å². The summed E-state index contributed by atoms with van der Waals surface area (Å²) >= 11 is 6.15. The second kappa shape index (κ2) is 7.00. The number of hydrogen-bond acceptors (Lipinski definition) is 4. The van der Waals surface area contributed by atoms with E-state index in [2.05, 4.69) is 41.5 Å². The molecule has 3 aliphatic rings. The van der Waals surface area contributed by atoms with Gasteiger partial charge in [-0.1, -0.05) is 17.7 Å². The molecule has 1 aromatic heterocycles. The van der Waals surface area contributed by atoms with Gasteiger partial charge in [0.2, 0.25) is 0 Å². The van der Waals surface area contributed by atoms with Crippen molar-refractivity contribution >= 4 is 34.3 Å². The molecule has 2 amide bonds. The lowest BCUT2D eigenvalue weighted by molar-refractivity contribution is -0.121. The molecule has 164 valence electrons. The standard InChI is InChI=1S/C23H28ClN5O2/c1-22(2,3)29-13-15-11-23(26-20(30)19(15)27-29)6-8-28(9-7-23)21(31)14-4-5-16-17(24)12-25-18(16)10-14/h4-5,10,12,25,27H,6-9,11,13H2,1-3H3,(H,26,30). The zero-order valence-electron chi connectivity index (χ0n) is 18.1. The van der Waals surface area contributed by atoms with Crippen molar-refractivity contribution in [2.75, 3.05) is 19.6 Å². The molecule has 3 aliphatic heterocycles. The first-order valence-electron chi connectivity index (χ1n) is 10.8. The van der Waals surface area contributed by atoms with E-state index < -0.39 is 0 Å². The molecule has 4 heterocycles. The van der Waals surface area contributed by atoms with Gasteiger partial charge in [-0.05, 0) is 57.7 Å². The van der Waals surface area contributed by atoms with E-state index in [0.29, 0.717) is 29.4 Å². The minimum absolute atomic E-state index is 0.0194. The lowest BCUT2D eigenvalue weighted by Crippen LogP contribution is -2.59. The fourth-order valence-electron chi connectivity index (χ4n) is 4.89. The number of piperidine rings is 1. The number of carbonyl (C=O) groups is 2. The maximum absolute atomic E-state index is 13.1. The highest BCUT2D eigenvalue weighted by atomic mass is 35.5. The summed E-state index contributed by atoms with van der Waals surface area (Å²) in [5.41, 5.74) is 6.36. The first-order valence-corrected chi connectivity index (χ1v) is 11.2. The van der Waals surface area contributed by atoms with Crippen molar-refractivity contribution in [1.82, 2.24) is 25.6 Å². The summed E-state index contributed by atoms with van der Waals surface area (Å²) in [6.45, 7) is 8.41. The first kappa shape index (κ1) is 20.4. The van der Waals surface area contributed by atoms with Gasteiger partial charge in [-0.2, -0.15) is 0 Å². The molecule has 0 saturated carbocycles. The molecule has 3 N–H and O–H groups in total. The SMILES string of the molecule is CC(C)(C)N1CC2=C(N1)C(=O)NC1(CCN(C(=O)c3ccc4c(Cl)c[nH]c4c3)CC1)C2. The third-order valence-electron chi connectivity index (χ3n) is 6.80. The van der Waals surface area contributed by atoms with Crippen LogP contribution in [0, 0.1) is 0 Å². The van der Waals surface area contributed by atoms with Gasteiger partial charge in [0.25, 0.3) is 11.8 Å². The summed E-state index contributed by atoms with van der Waals surface area (Å²) < 4.78 is 0. The number of fused-ring (bicyclic) bond motifs is 1. The number of likely N-dealkylation sites (tertiary alicyclic amines) is 1. The number of nitrogens with one attached hydrogen (secondary N) is 3. The van der Waals surface area contributed by atoms with Crippen LogP contribution in [0.3, 0.4) is 0 Å². The molecule has 0 radical (unpaired) electrons. The smallest absolute Gasteiger partial charge is 0.269 e. The Kier molecular flexibility index (Phi) is 4.61. The number of hydrogen-bond donors (Lipinski definition) is 3. The van der Waals surface area contributed by atoms with Gasteiger partial charge in [0.05, 0.1) is 5.02 Å². The largest absolute Gasteiger partial charge is 0.360 e. The number of benzene rings is 1. The zero-order chi connectivity index (χ0) is 22.0. The van der Waals surface area contributed by atoms with E-state index in [9.17, 15) is 9.59 Å². The second-order valence-corrected chi connectivity index (χ2v) is 10.4. The molecule has 1 saturated heterocycles. The molecule has 5 rings (SSSR count). The summed E-state index contributed by atoms with van der Waals surface area (Å²) in [7, 11) is 0. The van der Waals surface area contributed by atoms with Crippen molar-refractivity contribution in [2.45, 2.75) is 51.1 Å². The fourth-order valence-corrected chi connectivity index (χ4v) is 5.11. The Balaban J connectivity index is 1.28. The average Bonchev–Trinajstić information content (AvgIpc) is 3.32. The van der Waals surface area contributed by atoms with E-state index >= 15 is 0 Å². The number of H-pyrrole nitrogens is 1. The second-order valence-electron chi connectivity index (χ2n) is 9.95. The van der Waals surface area contributed by atoms with E-state index in [0.717, 1.165) is 36.7 Å². The van der Waals surface area contributed by atoms with Crippen molar-refractivity contribution in [1.29, 1.82) is 0 Å². The average molecular weight is 442 g/mol. The summed E-state index contributed by atoms with van der Waals surface area (Å²) in [5.74, 6) is -0.00666. The van der Waals surface area contributed by atoms with Crippen LogP contribution in [-0.2, 0) is 4.79 Å². The topological polar surface area (TPSA) is 80.5 Å². The van der Waals surface area contributed by atoms with Crippen LogP contribution in [0.1, 0.15) is 50.4 Å². The van der Waals surface area contributed by atoms with Crippen LogP contribution in [-0.4, -0.2) is 57.4 Å². The van der Waals surface area contributed by atoms with E-state index in [1.54, 1.807) is 6.20 Å². The van der Waals surface area contributed by atoms with Crippen molar-refractivity contribution in [3.8, 4) is 0 Å². The molecule has 1 fully saturated rings. The zero-order valence-corrected chi connectivity index (χ0v) is 18.9. The van der Waals surface area contributed by atoms with Crippen LogP contribution in [0.2, 0.25) is 5.02 Å². The van der Waals surface area contributed by atoms with Crippen LogP contribution in [0.15, 0.2) is 35.7 Å². The summed E-state index contributed by atoms with van der Waals surface area (Å²) in [4.78, 5) is 30.9. The number of aromatic nitrogens is 1. The van der Waals surface area contributed by atoms with Gasteiger partial charge >= 0.3 is 0 Å². The Morgan fingerprint density at radius 1 is 1.19 bits per heavy atom. The molecular weight excluding hydrogens is 414 g/mol. The maximum atomic E-state index is 13.1. The number of rotatable bonds is 1. The van der Waals surface area contributed by atoms with Gasteiger partial charge in [0, 0.05) is 53.4 Å². The van der Waals surface area contributed by atoms with E-state index in [1.807, 2.05) is 23.1 Å². The van der Waals surface area contributed by atoms with Crippen molar-refractivity contribution in [2.24, 2.45) is 0 Å². The van der Waals surface area contributed by atoms with E-state index in [-0.39, 0.29) is 22.9 Å².